The Balaban J connectivity index is 1.50. The minimum absolute atomic E-state index is 0.0233. The molecule has 0 atom stereocenters. The van der Waals surface area contributed by atoms with Crippen LogP contribution in [0, 0.1) is 17.5 Å². The normalized spacial score (nSPS) is 18.9. The second-order valence-electron chi connectivity index (χ2n) is 8.38. The molecule has 0 aromatic heterocycles. The van der Waals surface area contributed by atoms with E-state index in [1.54, 1.807) is 19.1 Å². The maximum atomic E-state index is 14.5. The first-order chi connectivity index (χ1) is 15.0. The Labute approximate surface area is 183 Å². The molecule has 170 valence electrons. The molecular weight excluding hydrogens is 401 g/mol. The fourth-order valence-corrected chi connectivity index (χ4v) is 4.33. The van der Waals surface area contributed by atoms with Crippen molar-refractivity contribution >= 4 is 0 Å². The second kappa shape index (κ2) is 11.6. The summed E-state index contributed by atoms with van der Waals surface area (Å²) in [5.41, 5.74) is 2.01. The third-order valence-electron chi connectivity index (χ3n) is 6.14. The van der Waals surface area contributed by atoms with Gasteiger partial charge in [-0.3, -0.25) is 0 Å². The molecular formula is C26H33F3O2. The molecule has 0 spiro atoms. The number of hydrogen-bond donors (Lipinski definition) is 0. The van der Waals surface area contributed by atoms with Gasteiger partial charge in [0.15, 0.2) is 11.6 Å². The van der Waals surface area contributed by atoms with Crippen LogP contribution in [0.15, 0.2) is 30.3 Å². The van der Waals surface area contributed by atoms with Gasteiger partial charge in [0.05, 0.1) is 19.3 Å². The van der Waals surface area contributed by atoms with Gasteiger partial charge >= 0.3 is 0 Å². The summed E-state index contributed by atoms with van der Waals surface area (Å²) in [5, 5.41) is 0. The summed E-state index contributed by atoms with van der Waals surface area (Å²) >= 11 is 0. The fourth-order valence-electron chi connectivity index (χ4n) is 4.33. The van der Waals surface area contributed by atoms with Crippen LogP contribution in [0.4, 0.5) is 13.2 Å². The van der Waals surface area contributed by atoms with Gasteiger partial charge in [-0.25, -0.2) is 8.78 Å². The number of unbranched alkanes of at least 4 members (excludes halogenated alkanes) is 2. The highest BCUT2D eigenvalue weighted by molar-refractivity contribution is 5.33. The van der Waals surface area contributed by atoms with E-state index in [0.717, 1.165) is 62.5 Å². The smallest absolute Gasteiger partial charge is 0.200 e. The molecule has 0 amide bonds. The van der Waals surface area contributed by atoms with Crippen molar-refractivity contribution in [1.82, 2.24) is 0 Å². The van der Waals surface area contributed by atoms with Crippen molar-refractivity contribution in [3.05, 3.63) is 64.5 Å². The third-order valence-corrected chi connectivity index (χ3v) is 6.14. The topological polar surface area (TPSA) is 18.5 Å². The predicted molar refractivity (Wildman–Crippen MR) is 117 cm³/mol. The van der Waals surface area contributed by atoms with Gasteiger partial charge in [-0.15, -0.1) is 0 Å². The number of ether oxygens (including phenoxy) is 2. The molecule has 2 aromatic carbocycles. The van der Waals surface area contributed by atoms with Gasteiger partial charge in [0.2, 0.25) is 5.82 Å². The third kappa shape index (κ3) is 6.25. The Hall–Kier alpha value is -2.01. The van der Waals surface area contributed by atoms with Crippen molar-refractivity contribution in [2.24, 2.45) is 0 Å². The summed E-state index contributed by atoms with van der Waals surface area (Å²) in [6.45, 7) is 4.54. The van der Waals surface area contributed by atoms with E-state index < -0.39 is 11.6 Å². The largest absolute Gasteiger partial charge is 0.491 e. The summed E-state index contributed by atoms with van der Waals surface area (Å²) in [6, 6.07) is 8.53. The van der Waals surface area contributed by atoms with Gasteiger partial charge in [-0.05, 0) is 80.2 Å². The lowest BCUT2D eigenvalue weighted by Gasteiger charge is -2.29. The van der Waals surface area contributed by atoms with E-state index in [2.05, 4.69) is 6.92 Å². The van der Waals surface area contributed by atoms with Gasteiger partial charge in [0, 0.05) is 0 Å². The van der Waals surface area contributed by atoms with Crippen molar-refractivity contribution in [2.45, 2.75) is 83.8 Å². The van der Waals surface area contributed by atoms with E-state index in [-0.39, 0.29) is 23.6 Å². The minimum Gasteiger partial charge on any atom is -0.491 e. The van der Waals surface area contributed by atoms with Crippen LogP contribution in [0.1, 0.15) is 81.4 Å². The lowest BCUT2D eigenvalue weighted by molar-refractivity contribution is 0.0130. The maximum absolute atomic E-state index is 14.5. The molecule has 0 saturated heterocycles. The zero-order valence-corrected chi connectivity index (χ0v) is 18.6. The van der Waals surface area contributed by atoms with Crippen LogP contribution in [0.25, 0.3) is 0 Å². The zero-order chi connectivity index (χ0) is 22.2. The van der Waals surface area contributed by atoms with Gasteiger partial charge in [-0.1, -0.05) is 38.0 Å². The summed E-state index contributed by atoms with van der Waals surface area (Å²) < 4.78 is 54.1. The van der Waals surface area contributed by atoms with Crippen LogP contribution in [0.5, 0.6) is 5.75 Å². The van der Waals surface area contributed by atoms with E-state index in [9.17, 15) is 13.2 Å². The minimum atomic E-state index is -0.905. The van der Waals surface area contributed by atoms with Crippen LogP contribution >= 0.6 is 0 Å². The van der Waals surface area contributed by atoms with Crippen LogP contribution < -0.4 is 4.74 Å². The molecule has 1 fully saturated rings. The maximum Gasteiger partial charge on any atom is 0.200 e. The summed E-state index contributed by atoms with van der Waals surface area (Å²) in [5.74, 6) is -1.93. The van der Waals surface area contributed by atoms with Crippen LogP contribution in [0.3, 0.4) is 0 Å². The Morgan fingerprint density at radius 2 is 1.68 bits per heavy atom. The van der Waals surface area contributed by atoms with E-state index >= 15 is 0 Å². The number of benzene rings is 2. The quantitative estimate of drug-likeness (QED) is 0.361. The van der Waals surface area contributed by atoms with Gasteiger partial charge < -0.3 is 9.47 Å². The van der Waals surface area contributed by atoms with Crippen molar-refractivity contribution < 1.29 is 22.6 Å². The monoisotopic (exact) mass is 434 g/mol. The molecule has 2 aromatic rings. The van der Waals surface area contributed by atoms with Gasteiger partial charge in [0.1, 0.15) is 5.82 Å². The average molecular weight is 435 g/mol. The first-order valence-electron chi connectivity index (χ1n) is 11.5. The number of aryl methyl sites for hydroxylation is 1. The van der Waals surface area contributed by atoms with Crippen LogP contribution in [-0.4, -0.2) is 12.7 Å². The zero-order valence-electron chi connectivity index (χ0n) is 18.6. The Morgan fingerprint density at radius 3 is 2.35 bits per heavy atom. The average Bonchev–Trinajstić information content (AvgIpc) is 2.78. The number of hydrogen-bond acceptors (Lipinski definition) is 2. The second-order valence-corrected chi connectivity index (χ2v) is 8.38. The lowest BCUT2D eigenvalue weighted by Crippen LogP contribution is -2.21. The van der Waals surface area contributed by atoms with Gasteiger partial charge in [-0.2, -0.15) is 4.39 Å². The Morgan fingerprint density at radius 1 is 0.903 bits per heavy atom. The fraction of sp³-hybridized carbons (Fsp3) is 0.538. The molecule has 1 aliphatic rings. The molecule has 1 saturated carbocycles. The van der Waals surface area contributed by atoms with E-state index in [4.69, 9.17) is 9.47 Å². The van der Waals surface area contributed by atoms with E-state index in [0.29, 0.717) is 18.8 Å². The molecule has 2 nitrogen and oxygen atoms in total. The number of halogens is 3. The van der Waals surface area contributed by atoms with Crippen molar-refractivity contribution in [3.8, 4) is 5.75 Å². The lowest BCUT2D eigenvalue weighted by atomic mass is 9.82. The highest BCUT2D eigenvalue weighted by Crippen LogP contribution is 2.37. The van der Waals surface area contributed by atoms with Gasteiger partial charge in [0.25, 0.3) is 0 Å². The summed E-state index contributed by atoms with van der Waals surface area (Å²) in [6.07, 6.45) is 7.08. The van der Waals surface area contributed by atoms with Crippen LogP contribution in [0.2, 0.25) is 0 Å². The number of rotatable bonds is 10. The molecule has 3 rings (SSSR count). The summed E-state index contributed by atoms with van der Waals surface area (Å²) in [4.78, 5) is 0. The highest BCUT2D eigenvalue weighted by atomic mass is 19.2. The van der Waals surface area contributed by atoms with Crippen molar-refractivity contribution in [3.63, 3.8) is 0 Å². The first-order valence-corrected chi connectivity index (χ1v) is 11.5. The molecule has 5 heteroatoms. The molecule has 0 aliphatic heterocycles. The van der Waals surface area contributed by atoms with Crippen LogP contribution in [-0.2, 0) is 17.8 Å². The predicted octanol–water partition coefficient (Wildman–Crippen LogP) is 7.48. The molecule has 31 heavy (non-hydrogen) atoms. The molecule has 0 N–H and O–H groups in total. The Bertz CT molecular complexity index is 845. The molecule has 1 aliphatic carbocycles. The molecule has 0 bridgehead atoms. The molecule has 0 unspecified atom stereocenters. The van der Waals surface area contributed by atoms with E-state index in [1.165, 1.54) is 6.07 Å². The highest BCUT2D eigenvalue weighted by Gasteiger charge is 2.27. The SMILES string of the molecule is CCCCCc1ccc(COC2CCC(c3ccc(OCC)c(F)c3F)CC2)cc1F. The standard InChI is InChI=1S/C26H33F3O2/c1-3-5-6-7-20-9-8-18(16-23(20)27)17-31-21-12-10-19(11-13-21)22-14-15-24(30-4-2)26(29)25(22)28/h8-9,14-16,19,21H,3-7,10-13,17H2,1-2H3. The molecule has 0 heterocycles. The first kappa shape index (κ1) is 23.6. The molecule has 0 radical (unpaired) electrons. The summed E-state index contributed by atoms with van der Waals surface area (Å²) in [7, 11) is 0. The van der Waals surface area contributed by atoms with Crippen molar-refractivity contribution in [1.29, 1.82) is 0 Å². The Kier molecular flexibility index (Phi) is 8.82. The van der Waals surface area contributed by atoms with Crippen molar-refractivity contribution in [2.75, 3.05) is 6.61 Å². The van der Waals surface area contributed by atoms with E-state index in [1.807, 2.05) is 12.1 Å².